The van der Waals surface area contributed by atoms with Crippen molar-refractivity contribution in [1.29, 1.82) is 0 Å². The van der Waals surface area contributed by atoms with Gasteiger partial charge in [0.1, 0.15) is 5.76 Å². The molecule has 0 saturated carbocycles. The first-order valence-electron chi connectivity index (χ1n) is 5.75. The van der Waals surface area contributed by atoms with E-state index in [0.717, 1.165) is 23.4 Å². The maximum absolute atomic E-state index is 5.47. The molecule has 0 saturated heterocycles. The lowest BCUT2D eigenvalue weighted by Crippen LogP contribution is -2.10. The van der Waals surface area contributed by atoms with Crippen molar-refractivity contribution in [1.82, 2.24) is 0 Å². The van der Waals surface area contributed by atoms with Crippen LogP contribution in [0.4, 0.5) is 5.69 Å². The molecule has 17 heavy (non-hydrogen) atoms. The molecule has 0 unspecified atom stereocenters. The van der Waals surface area contributed by atoms with E-state index >= 15 is 0 Å². The van der Waals surface area contributed by atoms with Crippen molar-refractivity contribution < 1.29 is 4.42 Å². The molecule has 2 aromatic rings. The summed E-state index contributed by atoms with van der Waals surface area (Å²) in [7, 11) is 0. The molecule has 0 bridgehead atoms. The van der Waals surface area contributed by atoms with Gasteiger partial charge >= 0.3 is 0 Å². The highest BCUT2D eigenvalue weighted by atomic mass is 16.3. The summed E-state index contributed by atoms with van der Waals surface area (Å²) in [5.41, 5.74) is 2.23. The van der Waals surface area contributed by atoms with Gasteiger partial charge in [-0.1, -0.05) is 23.8 Å². The molecule has 0 radical (unpaired) electrons. The molecule has 2 heteroatoms. The van der Waals surface area contributed by atoms with E-state index < -0.39 is 0 Å². The molecule has 1 aromatic heterocycles. The molecule has 2 rings (SSSR count). The summed E-state index contributed by atoms with van der Waals surface area (Å²) in [5.74, 6) is 0.942. The molecule has 1 atom stereocenters. The van der Waals surface area contributed by atoms with Gasteiger partial charge in [-0.15, -0.1) is 6.58 Å². The molecule has 0 aliphatic carbocycles. The highest BCUT2D eigenvalue weighted by Gasteiger charge is 2.13. The fourth-order valence-corrected chi connectivity index (χ4v) is 1.80. The second-order valence-corrected chi connectivity index (χ2v) is 4.24. The normalized spacial score (nSPS) is 12.1. The molecule has 1 heterocycles. The Balaban J connectivity index is 2.14. The summed E-state index contributed by atoms with van der Waals surface area (Å²) < 4.78 is 5.47. The van der Waals surface area contributed by atoms with Crippen molar-refractivity contribution >= 4 is 5.69 Å². The van der Waals surface area contributed by atoms with Gasteiger partial charge in [0.25, 0.3) is 0 Å². The second kappa shape index (κ2) is 5.39. The smallest absolute Gasteiger partial charge is 0.126 e. The van der Waals surface area contributed by atoms with E-state index in [0.29, 0.717) is 0 Å². The van der Waals surface area contributed by atoms with E-state index in [1.807, 2.05) is 49.4 Å². The van der Waals surface area contributed by atoms with Crippen LogP contribution in [0.15, 0.2) is 65.3 Å². The molecule has 0 spiro atoms. The largest absolute Gasteiger partial charge is 0.467 e. The summed E-state index contributed by atoms with van der Waals surface area (Å²) in [6.07, 6.45) is 2.57. The summed E-state index contributed by atoms with van der Waals surface area (Å²) >= 11 is 0. The number of hydrogen-bond acceptors (Lipinski definition) is 2. The van der Waals surface area contributed by atoms with Gasteiger partial charge in [0.2, 0.25) is 0 Å². The van der Waals surface area contributed by atoms with Crippen LogP contribution in [0.25, 0.3) is 0 Å². The van der Waals surface area contributed by atoms with E-state index in [2.05, 4.69) is 11.9 Å². The molecule has 1 aromatic carbocycles. The quantitative estimate of drug-likeness (QED) is 0.766. The SMILES string of the molecule is C=C(C)C[C@@H](Nc1ccccc1)c1ccco1. The summed E-state index contributed by atoms with van der Waals surface area (Å²) in [6, 6.07) is 14.2. The average molecular weight is 227 g/mol. The molecule has 0 fully saturated rings. The van der Waals surface area contributed by atoms with Crippen molar-refractivity contribution in [2.24, 2.45) is 0 Å². The third-order valence-electron chi connectivity index (χ3n) is 2.55. The lowest BCUT2D eigenvalue weighted by Gasteiger charge is -2.17. The Labute approximate surface area is 102 Å². The maximum Gasteiger partial charge on any atom is 0.126 e. The van der Waals surface area contributed by atoms with Gasteiger partial charge < -0.3 is 9.73 Å². The molecule has 0 aliphatic rings. The third kappa shape index (κ3) is 3.25. The van der Waals surface area contributed by atoms with Crippen LogP contribution in [-0.4, -0.2) is 0 Å². The summed E-state index contributed by atoms with van der Waals surface area (Å²) in [6.45, 7) is 6.00. The van der Waals surface area contributed by atoms with Gasteiger partial charge in [-0.05, 0) is 37.6 Å². The molecular weight excluding hydrogens is 210 g/mol. The van der Waals surface area contributed by atoms with Gasteiger partial charge in [-0.2, -0.15) is 0 Å². The van der Waals surface area contributed by atoms with Crippen LogP contribution in [0.1, 0.15) is 25.1 Å². The predicted molar refractivity (Wildman–Crippen MR) is 70.9 cm³/mol. The number of benzene rings is 1. The number of para-hydroxylation sites is 1. The first-order valence-corrected chi connectivity index (χ1v) is 5.75. The molecule has 0 aliphatic heterocycles. The van der Waals surface area contributed by atoms with Crippen molar-refractivity contribution in [3.8, 4) is 0 Å². The highest BCUT2D eigenvalue weighted by molar-refractivity contribution is 5.44. The van der Waals surface area contributed by atoms with Crippen LogP contribution in [0.3, 0.4) is 0 Å². The summed E-state index contributed by atoms with van der Waals surface area (Å²) in [4.78, 5) is 0. The van der Waals surface area contributed by atoms with Crippen LogP contribution >= 0.6 is 0 Å². The Bertz CT molecular complexity index is 459. The fourth-order valence-electron chi connectivity index (χ4n) is 1.80. The van der Waals surface area contributed by atoms with Crippen molar-refractivity contribution in [3.63, 3.8) is 0 Å². The van der Waals surface area contributed by atoms with Gasteiger partial charge in [0.05, 0.1) is 12.3 Å². The zero-order valence-corrected chi connectivity index (χ0v) is 10.0. The number of furan rings is 1. The maximum atomic E-state index is 5.47. The van der Waals surface area contributed by atoms with Gasteiger partial charge in [0.15, 0.2) is 0 Å². The first-order chi connectivity index (χ1) is 8.25. The Kier molecular flexibility index (Phi) is 3.66. The van der Waals surface area contributed by atoms with E-state index in [1.165, 1.54) is 0 Å². The molecule has 88 valence electrons. The third-order valence-corrected chi connectivity index (χ3v) is 2.55. The number of hydrogen-bond donors (Lipinski definition) is 1. The molecule has 0 amide bonds. The van der Waals surface area contributed by atoms with E-state index in [9.17, 15) is 0 Å². The minimum absolute atomic E-state index is 0.143. The minimum Gasteiger partial charge on any atom is -0.467 e. The lowest BCUT2D eigenvalue weighted by atomic mass is 10.1. The fraction of sp³-hybridized carbons (Fsp3) is 0.200. The standard InChI is InChI=1S/C15H17NO/c1-12(2)11-14(15-9-6-10-17-15)16-13-7-4-3-5-8-13/h3-10,14,16H,1,11H2,2H3/t14-/m1/s1. The van der Waals surface area contributed by atoms with Gasteiger partial charge in [0, 0.05) is 5.69 Å². The van der Waals surface area contributed by atoms with Crippen molar-refractivity contribution in [2.45, 2.75) is 19.4 Å². The average Bonchev–Trinajstić information content (AvgIpc) is 2.82. The predicted octanol–water partition coefficient (Wildman–Crippen LogP) is 4.40. The van der Waals surface area contributed by atoms with E-state index in [1.54, 1.807) is 6.26 Å². The first kappa shape index (κ1) is 11.5. The van der Waals surface area contributed by atoms with Crippen molar-refractivity contribution in [2.75, 3.05) is 5.32 Å². The molecular formula is C15H17NO. The Hall–Kier alpha value is -1.96. The van der Waals surface area contributed by atoms with E-state index in [4.69, 9.17) is 4.42 Å². The topological polar surface area (TPSA) is 25.2 Å². The van der Waals surface area contributed by atoms with Crippen molar-refractivity contribution in [3.05, 3.63) is 66.6 Å². The number of nitrogens with one attached hydrogen (secondary N) is 1. The molecule has 2 nitrogen and oxygen atoms in total. The summed E-state index contributed by atoms with van der Waals surface area (Å²) in [5, 5.41) is 3.46. The number of rotatable bonds is 5. The van der Waals surface area contributed by atoms with Crippen LogP contribution in [-0.2, 0) is 0 Å². The van der Waals surface area contributed by atoms with Crippen LogP contribution in [0, 0.1) is 0 Å². The Morgan fingerprint density at radius 3 is 2.59 bits per heavy atom. The van der Waals surface area contributed by atoms with Gasteiger partial charge in [-0.3, -0.25) is 0 Å². The minimum atomic E-state index is 0.143. The highest BCUT2D eigenvalue weighted by Crippen LogP contribution is 2.25. The monoisotopic (exact) mass is 227 g/mol. The Morgan fingerprint density at radius 1 is 1.24 bits per heavy atom. The van der Waals surface area contributed by atoms with Crippen LogP contribution in [0.2, 0.25) is 0 Å². The Morgan fingerprint density at radius 2 is 2.00 bits per heavy atom. The zero-order chi connectivity index (χ0) is 12.1. The molecule has 1 N–H and O–H groups in total. The van der Waals surface area contributed by atoms with Crippen LogP contribution < -0.4 is 5.32 Å². The van der Waals surface area contributed by atoms with E-state index in [-0.39, 0.29) is 6.04 Å². The number of anilines is 1. The zero-order valence-electron chi connectivity index (χ0n) is 10.0. The van der Waals surface area contributed by atoms with Gasteiger partial charge in [-0.25, -0.2) is 0 Å². The second-order valence-electron chi connectivity index (χ2n) is 4.24. The van der Waals surface area contributed by atoms with Crippen LogP contribution in [0.5, 0.6) is 0 Å². The lowest BCUT2D eigenvalue weighted by molar-refractivity contribution is 0.477.